The van der Waals surface area contributed by atoms with Gasteiger partial charge in [-0.1, -0.05) is 54.6 Å². The Morgan fingerprint density at radius 3 is 2.27 bits per heavy atom. The van der Waals surface area contributed by atoms with Gasteiger partial charge in [-0.05, 0) is 42.5 Å². The number of hydrogen-bond donors (Lipinski definition) is 1. The summed E-state index contributed by atoms with van der Waals surface area (Å²) in [5.74, 6) is 0.781. The molecule has 0 saturated heterocycles. The van der Waals surface area contributed by atoms with E-state index in [0.29, 0.717) is 29.4 Å². The Morgan fingerprint density at radius 1 is 0.775 bits per heavy atom. The van der Waals surface area contributed by atoms with E-state index in [1.165, 1.54) is 31.4 Å². The second-order valence-corrected chi connectivity index (χ2v) is 10.5. The molecule has 0 fully saturated rings. The summed E-state index contributed by atoms with van der Waals surface area (Å²) in [6.45, 7) is 0.425. The summed E-state index contributed by atoms with van der Waals surface area (Å²) in [7, 11) is -2.68. The molecule has 1 heterocycles. The van der Waals surface area contributed by atoms with Crippen molar-refractivity contribution in [3.05, 3.63) is 126 Å². The zero-order valence-electron chi connectivity index (χ0n) is 21.6. The molecule has 0 aliphatic heterocycles. The van der Waals surface area contributed by atoms with Crippen LogP contribution in [0.1, 0.15) is 21.6 Å². The van der Waals surface area contributed by atoms with Gasteiger partial charge in [-0.25, -0.2) is 18.1 Å². The predicted molar refractivity (Wildman–Crippen MR) is 151 cm³/mol. The number of fused-ring (bicyclic) bond motifs is 1. The fourth-order valence-corrected chi connectivity index (χ4v) is 4.99. The van der Waals surface area contributed by atoms with Crippen LogP contribution < -0.4 is 18.9 Å². The SMILES string of the molecule is COc1cc(S(=O)(=O)NC(=O)c2ccccc2)ccc1COc1cccc(OCc2ccc3ccccc3n2)c1. The van der Waals surface area contributed by atoms with E-state index in [4.69, 9.17) is 14.2 Å². The Kier molecular flexibility index (Phi) is 7.93. The Labute approximate surface area is 232 Å². The maximum Gasteiger partial charge on any atom is 0.264 e. The summed E-state index contributed by atoms with van der Waals surface area (Å²) < 4.78 is 45.0. The zero-order valence-corrected chi connectivity index (χ0v) is 22.4. The lowest BCUT2D eigenvalue weighted by molar-refractivity contribution is 0.0981. The number of nitrogens with one attached hydrogen (secondary N) is 1. The van der Waals surface area contributed by atoms with Crippen LogP contribution in [0.4, 0.5) is 0 Å². The summed E-state index contributed by atoms with van der Waals surface area (Å²) in [4.78, 5) is 16.9. The number of amides is 1. The Bertz CT molecular complexity index is 1760. The number of nitrogens with zero attached hydrogens (tertiary/aromatic N) is 1. The molecule has 0 unspecified atom stereocenters. The van der Waals surface area contributed by atoms with Crippen LogP contribution in [-0.2, 0) is 23.2 Å². The number of carbonyl (C=O) groups is 1. The van der Waals surface area contributed by atoms with Crippen molar-refractivity contribution in [1.82, 2.24) is 9.71 Å². The summed E-state index contributed by atoms with van der Waals surface area (Å²) in [6, 6.07) is 31.5. The first kappa shape index (κ1) is 26.7. The highest BCUT2D eigenvalue weighted by Crippen LogP contribution is 2.26. The minimum Gasteiger partial charge on any atom is -0.496 e. The average Bonchev–Trinajstić information content (AvgIpc) is 2.99. The van der Waals surface area contributed by atoms with E-state index in [-0.39, 0.29) is 17.1 Å². The number of sulfonamides is 1. The van der Waals surface area contributed by atoms with Crippen LogP contribution in [0.5, 0.6) is 17.2 Å². The van der Waals surface area contributed by atoms with E-state index in [1.54, 1.807) is 36.4 Å². The van der Waals surface area contributed by atoms with Gasteiger partial charge in [-0.2, -0.15) is 0 Å². The average molecular weight is 555 g/mol. The monoisotopic (exact) mass is 554 g/mol. The van der Waals surface area contributed by atoms with Gasteiger partial charge in [0.15, 0.2) is 0 Å². The molecule has 0 aliphatic rings. The Morgan fingerprint density at radius 2 is 1.50 bits per heavy atom. The van der Waals surface area contributed by atoms with E-state index in [9.17, 15) is 13.2 Å². The molecule has 0 radical (unpaired) electrons. The second-order valence-electron chi connectivity index (χ2n) is 8.82. The molecular formula is C31H26N2O6S. The maximum atomic E-state index is 12.8. The van der Waals surface area contributed by atoms with Crippen LogP contribution >= 0.6 is 0 Å². The van der Waals surface area contributed by atoms with Crippen LogP contribution in [0, 0.1) is 0 Å². The number of aromatic nitrogens is 1. The molecule has 0 atom stereocenters. The van der Waals surface area contributed by atoms with Crippen LogP contribution in [0.25, 0.3) is 10.9 Å². The molecule has 0 spiro atoms. The topological polar surface area (TPSA) is 104 Å². The van der Waals surface area contributed by atoms with Gasteiger partial charge in [-0.15, -0.1) is 0 Å². The van der Waals surface area contributed by atoms with Crippen molar-refractivity contribution in [2.75, 3.05) is 7.11 Å². The zero-order chi connectivity index (χ0) is 28.0. The molecule has 0 aliphatic carbocycles. The van der Waals surface area contributed by atoms with Gasteiger partial charge in [0.25, 0.3) is 15.9 Å². The fourth-order valence-electron chi connectivity index (χ4n) is 4.00. The standard InChI is InChI=1S/C31H26N2O6S/c1-37-30-19-28(40(35,36)33-31(34)23-9-3-2-4-10-23)17-15-24(30)20-38-26-11-7-12-27(18-26)39-21-25-16-14-22-8-5-6-13-29(22)32-25/h2-19H,20-21H2,1H3,(H,33,34). The molecule has 0 saturated carbocycles. The third kappa shape index (κ3) is 6.39. The predicted octanol–water partition coefficient (Wildman–Crippen LogP) is 5.52. The molecule has 1 N–H and O–H groups in total. The van der Waals surface area contributed by atoms with Gasteiger partial charge < -0.3 is 14.2 Å². The lowest BCUT2D eigenvalue weighted by atomic mass is 10.2. The Hall–Kier alpha value is -4.89. The molecule has 9 heteroatoms. The molecule has 4 aromatic carbocycles. The summed E-state index contributed by atoms with van der Waals surface area (Å²) in [6.07, 6.45) is 0. The van der Waals surface area contributed by atoms with Crippen molar-refractivity contribution >= 4 is 26.8 Å². The normalized spacial score (nSPS) is 11.1. The van der Waals surface area contributed by atoms with E-state index >= 15 is 0 Å². The van der Waals surface area contributed by atoms with Crippen molar-refractivity contribution < 1.29 is 27.4 Å². The third-order valence-corrected chi connectivity index (χ3v) is 7.40. The molecule has 1 amide bonds. The second kappa shape index (κ2) is 11.9. The van der Waals surface area contributed by atoms with Crippen LogP contribution in [-0.4, -0.2) is 26.4 Å². The largest absolute Gasteiger partial charge is 0.496 e. The van der Waals surface area contributed by atoms with Crippen molar-refractivity contribution in [3.63, 3.8) is 0 Å². The molecule has 5 aromatic rings. The lowest BCUT2D eigenvalue weighted by Gasteiger charge is -2.13. The fraction of sp³-hybridized carbons (Fsp3) is 0.0968. The van der Waals surface area contributed by atoms with Crippen LogP contribution in [0.3, 0.4) is 0 Å². The first-order chi connectivity index (χ1) is 19.4. The summed E-state index contributed by atoms with van der Waals surface area (Å²) >= 11 is 0. The third-order valence-electron chi connectivity index (χ3n) is 6.07. The van der Waals surface area contributed by atoms with Gasteiger partial charge in [0.2, 0.25) is 0 Å². The highest BCUT2D eigenvalue weighted by Gasteiger charge is 2.20. The van der Waals surface area contributed by atoms with Crippen molar-refractivity contribution in [2.24, 2.45) is 0 Å². The molecule has 5 rings (SSSR count). The number of hydrogen-bond acceptors (Lipinski definition) is 7. The highest BCUT2D eigenvalue weighted by atomic mass is 32.2. The number of methoxy groups -OCH3 is 1. The van der Waals surface area contributed by atoms with Crippen molar-refractivity contribution in [2.45, 2.75) is 18.1 Å². The molecule has 0 bridgehead atoms. The highest BCUT2D eigenvalue weighted by molar-refractivity contribution is 7.90. The molecular weight excluding hydrogens is 528 g/mol. The summed E-state index contributed by atoms with van der Waals surface area (Å²) in [5, 5.41) is 1.07. The number of benzene rings is 4. The van der Waals surface area contributed by atoms with Crippen LogP contribution in [0.2, 0.25) is 0 Å². The van der Waals surface area contributed by atoms with Crippen molar-refractivity contribution in [1.29, 1.82) is 0 Å². The van der Waals surface area contributed by atoms with Gasteiger partial charge in [0, 0.05) is 28.6 Å². The van der Waals surface area contributed by atoms with E-state index in [1.807, 2.05) is 48.5 Å². The van der Waals surface area contributed by atoms with Gasteiger partial charge in [0.1, 0.15) is 30.5 Å². The molecule has 8 nitrogen and oxygen atoms in total. The van der Waals surface area contributed by atoms with E-state index in [0.717, 1.165) is 16.6 Å². The number of rotatable bonds is 10. The molecule has 1 aromatic heterocycles. The Balaban J connectivity index is 1.23. The van der Waals surface area contributed by atoms with Gasteiger partial charge >= 0.3 is 0 Å². The number of ether oxygens (including phenoxy) is 3. The number of pyridine rings is 1. The van der Waals surface area contributed by atoms with Crippen molar-refractivity contribution in [3.8, 4) is 17.2 Å². The lowest BCUT2D eigenvalue weighted by Crippen LogP contribution is -2.30. The first-order valence-corrected chi connectivity index (χ1v) is 13.9. The van der Waals surface area contributed by atoms with E-state index < -0.39 is 15.9 Å². The van der Waals surface area contributed by atoms with Gasteiger partial charge in [-0.3, -0.25) is 4.79 Å². The minimum atomic E-state index is -4.11. The first-order valence-electron chi connectivity index (χ1n) is 12.4. The van der Waals surface area contributed by atoms with Gasteiger partial charge in [0.05, 0.1) is 23.2 Å². The van der Waals surface area contributed by atoms with E-state index in [2.05, 4.69) is 9.71 Å². The smallest absolute Gasteiger partial charge is 0.264 e. The molecule has 202 valence electrons. The quantitative estimate of drug-likeness (QED) is 0.242. The number of carbonyl (C=O) groups excluding carboxylic acids is 1. The van der Waals surface area contributed by atoms with Crippen LogP contribution in [0.15, 0.2) is 114 Å². The maximum absolute atomic E-state index is 12.8. The summed E-state index contributed by atoms with van der Waals surface area (Å²) in [5.41, 5.74) is 2.59. The number of para-hydroxylation sites is 1. The molecule has 40 heavy (non-hydrogen) atoms. The minimum absolute atomic E-state index is 0.102.